The number of nitrogens with zero attached hydrogens (tertiary/aromatic N) is 4. The molecule has 0 amide bonds. The fourth-order valence-corrected chi connectivity index (χ4v) is 2.35. The fourth-order valence-electron chi connectivity index (χ4n) is 2.35. The zero-order valence-electron chi connectivity index (χ0n) is 12.7. The Labute approximate surface area is 141 Å². The lowest BCUT2D eigenvalue weighted by molar-refractivity contribution is -0.885. The summed E-state index contributed by atoms with van der Waals surface area (Å²) in [5, 5.41) is 5.27. The Kier molecular flexibility index (Phi) is 4.38. The Bertz CT molecular complexity index is 754. The Morgan fingerprint density at radius 3 is 2.62 bits per heavy atom. The van der Waals surface area contributed by atoms with Gasteiger partial charge in [0.1, 0.15) is 0 Å². The first-order valence-electron chi connectivity index (χ1n) is 6.61. The van der Waals surface area contributed by atoms with Crippen LogP contribution < -0.4 is 24.0 Å². The molecule has 0 unspecified atom stereocenters. The third kappa shape index (κ3) is 3.26. The molecule has 0 fully saturated rings. The van der Waals surface area contributed by atoms with Gasteiger partial charge in [-0.2, -0.15) is 4.98 Å². The number of fused-ring (bicyclic) bond motifs is 1. The van der Waals surface area contributed by atoms with Crippen LogP contribution in [-0.4, -0.2) is 40.3 Å². The Balaban J connectivity index is 0.00000161. The second-order valence-electron chi connectivity index (χ2n) is 6.13. The van der Waals surface area contributed by atoms with Crippen molar-refractivity contribution in [3.63, 3.8) is 0 Å². The molecule has 0 bridgehead atoms. The van der Waals surface area contributed by atoms with E-state index in [1.807, 2.05) is 25.4 Å². The SMILES string of the molecule is Cn1cc(-c2noc(C[N+](C)(C)C)n2)c2ccccc21.[I-]. The van der Waals surface area contributed by atoms with Gasteiger partial charge in [-0.1, -0.05) is 23.4 Å². The van der Waals surface area contributed by atoms with E-state index in [1.165, 1.54) is 5.52 Å². The number of para-hydroxylation sites is 1. The number of benzene rings is 1. The molecule has 0 aliphatic heterocycles. The normalized spacial score (nSPS) is 11.6. The molecule has 112 valence electrons. The van der Waals surface area contributed by atoms with Crippen LogP contribution in [0.2, 0.25) is 0 Å². The quantitative estimate of drug-likeness (QED) is 0.439. The molecule has 5 nitrogen and oxygen atoms in total. The molecule has 0 saturated heterocycles. The smallest absolute Gasteiger partial charge is 0.282 e. The maximum Gasteiger partial charge on any atom is 0.282 e. The number of halogens is 1. The van der Waals surface area contributed by atoms with Crippen LogP contribution in [0.5, 0.6) is 0 Å². The molecule has 0 atom stereocenters. The van der Waals surface area contributed by atoms with Crippen LogP contribution in [0.1, 0.15) is 5.89 Å². The number of aryl methyl sites for hydroxylation is 1. The molecule has 21 heavy (non-hydrogen) atoms. The minimum absolute atomic E-state index is 0. The predicted molar refractivity (Wildman–Crippen MR) is 77.9 cm³/mol. The highest BCUT2D eigenvalue weighted by Crippen LogP contribution is 2.28. The molecular formula is C15H19IN4O. The number of hydrogen-bond acceptors (Lipinski definition) is 3. The van der Waals surface area contributed by atoms with Gasteiger partial charge in [0.15, 0.2) is 6.54 Å². The summed E-state index contributed by atoms with van der Waals surface area (Å²) in [6, 6.07) is 8.23. The van der Waals surface area contributed by atoms with Gasteiger partial charge in [0.05, 0.1) is 21.1 Å². The van der Waals surface area contributed by atoms with Crippen LogP contribution in [0.25, 0.3) is 22.3 Å². The van der Waals surface area contributed by atoms with Crippen molar-refractivity contribution in [1.82, 2.24) is 14.7 Å². The zero-order valence-corrected chi connectivity index (χ0v) is 14.8. The summed E-state index contributed by atoms with van der Waals surface area (Å²) in [5.74, 6) is 1.32. The third-order valence-electron chi connectivity index (χ3n) is 3.22. The van der Waals surface area contributed by atoms with Crippen molar-refractivity contribution in [2.75, 3.05) is 21.1 Å². The average Bonchev–Trinajstić information content (AvgIpc) is 2.93. The lowest BCUT2D eigenvalue weighted by atomic mass is 10.2. The molecule has 2 heterocycles. The summed E-state index contributed by atoms with van der Waals surface area (Å²) >= 11 is 0. The molecular weight excluding hydrogens is 379 g/mol. The first-order chi connectivity index (χ1) is 9.44. The van der Waals surface area contributed by atoms with Crippen molar-refractivity contribution < 1.29 is 33.0 Å². The van der Waals surface area contributed by atoms with Crippen molar-refractivity contribution >= 4 is 10.9 Å². The molecule has 1 aromatic carbocycles. The van der Waals surface area contributed by atoms with E-state index >= 15 is 0 Å². The van der Waals surface area contributed by atoms with Crippen LogP contribution in [-0.2, 0) is 13.6 Å². The average molecular weight is 398 g/mol. The van der Waals surface area contributed by atoms with Crippen LogP contribution in [0, 0.1) is 0 Å². The van der Waals surface area contributed by atoms with Crippen LogP contribution in [0.3, 0.4) is 0 Å². The first-order valence-corrected chi connectivity index (χ1v) is 6.61. The van der Waals surface area contributed by atoms with Crippen molar-refractivity contribution in [1.29, 1.82) is 0 Å². The second kappa shape index (κ2) is 5.76. The van der Waals surface area contributed by atoms with Crippen molar-refractivity contribution in [3.8, 4) is 11.4 Å². The maximum absolute atomic E-state index is 5.37. The number of quaternary nitrogens is 1. The minimum atomic E-state index is 0. The van der Waals surface area contributed by atoms with Gasteiger partial charge >= 0.3 is 0 Å². The minimum Gasteiger partial charge on any atom is -1.00 e. The Morgan fingerprint density at radius 1 is 1.19 bits per heavy atom. The Morgan fingerprint density at radius 2 is 1.90 bits per heavy atom. The van der Waals surface area contributed by atoms with Gasteiger partial charge < -0.3 is 37.5 Å². The van der Waals surface area contributed by atoms with Crippen LogP contribution >= 0.6 is 0 Å². The monoisotopic (exact) mass is 398 g/mol. The van der Waals surface area contributed by atoms with Gasteiger partial charge in [-0.05, 0) is 6.07 Å². The lowest BCUT2D eigenvalue weighted by Crippen LogP contribution is -3.00. The van der Waals surface area contributed by atoms with E-state index in [2.05, 4.69) is 48.0 Å². The molecule has 0 aliphatic rings. The summed E-state index contributed by atoms with van der Waals surface area (Å²) in [6.07, 6.45) is 2.05. The molecule has 0 saturated carbocycles. The maximum atomic E-state index is 5.37. The van der Waals surface area contributed by atoms with Gasteiger partial charge in [0.2, 0.25) is 5.82 Å². The van der Waals surface area contributed by atoms with Crippen molar-refractivity contribution in [3.05, 3.63) is 36.4 Å². The highest BCUT2D eigenvalue weighted by Gasteiger charge is 2.18. The number of hydrogen-bond donors (Lipinski definition) is 0. The molecule has 0 aliphatic carbocycles. The topological polar surface area (TPSA) is 43.9 Å². The first kappa shape index (κ1) is 16.0. The van der Waals surface area contributed by atoms with E-state index in [-0.39, 0.29) is 24.0 Å². The summed E-state index contributed by atoms with van der Waals surface area (Å²) < 4.78 is 8.21. The van der Waals surface area contributed by atoms with Crippen LogP contribution in [0.15, 0.2) is 35.0 Å². The van der Waals surface area contributed by atoms with E-state index in [0.29, 0.717) is 11.7 Å². The van der Waals surface area contributed by atoms with Gasteiger partial charge in [0.25, 0.3) is 5.89 Å². The molecule has 0 N–H and O–H groups in total. The summed E-state index contributed by atoms with van der Waals surface area (Å²) in [5.41, 5.74) is 2.18. The van der Waals surface area contributed by atoms with E-state index in [0.717, 1.165) is 22.0 Å². The zero-order chi connectivity index (χ0) is 14.3. The van der Waals surface area contributed by atoms with Gasteiger partial charge in [-0.25, -0.2) is 0 Å². The van der Waals surface area contributed by atoms with Crippen molar-refractivity contribution in [2.24, 2.45) is 7.05 Å². The van der Waals surface area contributed by atoms with Gasteiger partial charge in [0, 0.05) is 29.7 Å². The lowest BCUT2D eigenvalue weighted by Gasteiger charge is -2.20. The van der Waals surface area contributed by atoms with E-state index in [4.69, 9.17) is 4.52 Å². The van der Waals surface area contributed by atoms with Gasteiger partial charge in [-0.3, -0.25) is 0 Å². The van der Waals surface area contributed by atoms with Crippen molar-refractivity contribution in [2.45, 2.75) is 6.54 Å². The molecule has 6 heteroatoms. The van der Waals surface area contributed by atoms with E-state index in [1.54, 1.807) is 0 Å². The summed E-state index contributed by atoms with van der Waals surface area (Å²) in [7, 11) is 8.32. The number of aromatic nitrogens is 3. The van der Waals surface area contributed by atoms with E-state index in [9.17, 15) is 0 Å². The predicted octanol–water partition coefficient (Wildman–Crippen LogP) is -0.561. The standard InChI is InChI=1S/C15H19N4O.HI/c1-18-9-12(11-7-5-6-8-13(11)18)15-16-14(20-17-15)10-19(2,3)4;/h5-9H,10H2,1-4H3;1H/q+1;/p-1. The highest BCUT2D eigenvalue weighted by molar-refractivity contribution is 5.94. The van der Waals surface area contributed by atoms with Crippen LogP contribution in [0.4, 0.5) is 0 Å². The van der Waals surface area contributed by atoms with E-state index < -0.39 is 0 Å². The fraction of sp³-hybridized carbons (Fsp3) is 0.333. The molecule has 3 rings (SSSR count). The summed E-state index contributed by atoms with van der Waals surface area (Å²) in [4.78, 5) is 4.52. The molecule has 3 aromatic rings. The Hall–Kier alpha value is -1.41. The largest absolute Gasteiger partial charge is 1.00 e. The third-order valence-corrected chi connectivity index (χ3v) is 3.22. The number of rotatable bonds is 3. The highest BCUT2D eigenvalue weighted by atomic mass is 127. The second-order valence-corrected chi connectivity index (χ2v) is 6.13. The molecule has 0 spiro atoms. The summed E-state index contributed by atoms with van der Waals surface area (Å²) in [6.45, 7) is 0.720. The van der Waals surface area contributed by atoms with Gasteiger partial charge in [-0.15, -0.1) is 0 Å². The molecule has 0 radical (unpaired) electrons. The molecule has 2 aromatic heterocycles.